The van der Waals surface area contributed by atoms with Crippen LogP contribution in [0.5, 0.6) is 0 Å². The average molecular weight is 756 g/mol. The van der Waals surface area contributed by atoms with Crippen molar-refractivity contribution in [2.24, 2.45) is 0 Å². The Morgan fingerprint density at radius 3 is 1.79 bits per heavy atom. The normalized spacial score (nSPS) is 19.6. The van der Waals surface area contributed by atoms with E-state index in [9.17, 15) is 14.4 Å². The van der Waals surface area contributed by atoms with Crippen LogP contribution in [0.25, 0.3) is 33.6 Å². The molecule has 0 spiro atoms. The number of alkyl carbamates (subject to hydrolysis) is 1. The van der Waals surface area contributed by atoms with Crippen LogP contribution in [0.3, 0.4) is 0 Å². The molecule has 2 aromatic heterocycles. The molecule has 0 saturated carbocycles. The van der Waals surface area contributed by atoms with Crippen molar-refractivity contribution in [2.75, 3.05) is 60.0 Å². The number of nitrogens with zero attached hydrogens (tertiary/aromatic N) is 6. The van der Waals surface area contributed by atoms with Crippen LogP contribution in [0.1, 0.15) is 61.0 Å². The van der Waals surface area contributed by atoms with E-state index in [1.807, 2.05) is 47.6 Å². The van der Waals surface area contributed by atoms with Crippen LogP contribution in [0, 0.1) is 0 Å². The first-order valence-electron chi connectivity index (χ1n) is 19.6. The number of aromatic amines is 2. The molecule has 3 aliphatic rings. The molecule has 3 saturated heterocycles. The number of hydrogen-bond donors (Lipinski definition) is 3. The summed E-state index contributed by atoms with van der Waals surface area (Å²) in [6.45, 7) is 5.66. The lowest BCUT2D eigenvalue weighted by molar-refractivity contribution is -0.135. The van der Waals surface area contributed by atoms with Crippen molar-refractivity contribution in [3.05, 3.63) is 108 Å². The second-order valence-corrected chi connectivity index (χ2v) is 15.0. The highest BCUT2D eigenvalue weighted by Crippen LogP contribution is 2.35. The summed E-state index contributed by atoms with van der Waals surface area (Å²) in [7, 11) is 3.42. The molecule has 13 nitrogen and oxygen atoms in total. The Morgan fingerprint density at radius 1 is 0.714 bits per heavy atom. The van der Waals surface area contributed by atoms with Crippen LogP contribution >= 0.6 is 0 Å². The molecule has 3 aromatic carbocycles. The topological polar surface area (TPSA) is 143 Å². The van der Waals surface area contributed by atoms with Gasteiger partial charge in [-0.3, -0.25) is 14.5 Å². The van der Waals surface area contributed by atoms with E-state index in [-0.39, 0.29) is 23.9 Å². The van der Waals surface area contributed by atoms with Crippen molar-refractivity contribution < 1.29 is 19.1 Å². The van der Waals surface area contributed by atoms with Gasteiger partial charge in [0.05, 0.1) is 49.5 Å². The largest absolute Gasteiger partial charge is 0.453 e. The Morgan fingerprint density at radius 2 is 1.23 bits per heavy atom. The number of aromatic nitrogens is 4. The number of likely N-dealkylation sites (N-methyl/N-ethyl adjacent to an activating group) is 1. The van der Waals surface area contributed by atoms with E-state index in [2.05, 4.69) is 80.7 Å². The minimum atomic E-state index is -0.866. The first kappa shape index (κ1) is 37.1. The van der Waals surface area contributed by atoms with Crippen LogP contribution in [-0.4, -0.2) is 117 Å². The van der Waals surface area contributed by atoms with Gasteiger partial charge in [-0.05, 0) is 60.5 Å². The van der Waals surface area contributed by atoms with Crippen LogP contribution in [0.4, 0.5) is 4.79 Å². The lowest BCUT2D eigenvalue weighted by atomic mass is 10.0. The lowest BCUT2D eigenvalue weighted by Crippen LogP contribution is -2.48. The van der Waals surface area contributed by atoms with Crippen LogP contribution in [0.15, 0.2) is 91.3 Å². The van der Waals surface area contributed by atoms with Gasteiger partial charge in [-0.2, -0.15) is 0 Å². The molecular weight excluding hydrogens is 707 g/mol. The number of likely N-dealkylation sites (tertiary alicyclic amines) is 2. The van der Waals surface area contributed by atoms with Gasteiger partial charge in [0.25, 0.3) is 5.91 Å². The van der Waals surface area contributed by atoms with Gasteiger partial charge >= 0.3 is 6.09 Å². The summed E-state index contributed by atoms with van der Waals surface area (Å²) in [6.07, 6.45) is 6.53. The van der Waals surface area contributed by atoms with Gasteiger partial charge < -0.3 is 34.7 Å². The van der Waals surface area contributed by atoms with Crippen molar-refractivity contribution in [2.45, 2.75) is 43.8 Å². The molecule has 3 atom stereocenters. The van der Waals surface area contributed by atoms with Crippen molar-refractivity contribution in [1.29, 1.82) is 0 Å². The molecule has 3 fully saturated rings. The maximum Gasteiger partial charge on any atom is 0.407 e. The highest BCUT2D eigenvalue weighted by Gasteiger charge is 2.37. The fourth-order valence-corrected chi connectivity index (χ4v) is 8.22. The van der Waals surface area contributed by atoms with Crippen molar-refractivity contribution >= 4 is 17.9 Å². The van der Waals surface area contributed by atoms with E-state index in [0.717, 1.165) is 104 Å². The fraction of sp³-hybridized carbons (Fsp3) is 0.372. The van der Waals surface area contributed by atoms with Crippen molar-refractivity contribution in [3.63, 3.8) is 0 Å². The summed E-state index contributed by atoms with van der Waals surface area (Å²) >= 11 is 0. The third kappa shape index (κ3) is 7.96. The molecule has 5 heterocycles. The molecule has 3 N–H and O–H groups in total. The summed E-state index contributed by atoms with van der Waals surface area (Å²) in [5, 5.41) is 2.72. The summed E-state index contributed by atoms with van der Waals surface area (Å²) < 4.78 is 4.83. The molecule has 3 amide bonds. The zero-order valence-corrected chi connectivity index (χ0v) is 32.0. The number of carbonyl (C=O) groups excluding carboxylic acids is 3. The van der Waals surface area contributed by atoms with Gasteiger partial charge in [0.2, 0.25) is 5.91 Å². The van der Waals surface area contributed by atoms with Crippen LogP contribution < -0.4 is 5.32 Å². The second-order valence-electron chi connectivity index (χ2n) is 15.0. The molecule has 5 aromatic rings. The maximum atomic E-state index is 13.9. The molecular formula is C43H49N9O4. The summed E-state index contributed by atoms with van der Waals surface area (Å²) in [6, 6.07) is 24.9. The first-order chi connectivity index (χ1) is 27.3. The number of carbonyl (C=O) groups is 3. The number of hydrogen-bond acceptors (Lipinski definition) is 8. The average Bonchev–Trinajstić information content (AvgIpc) is 4.08. The molecule has 0 radical (unpaired) electrons. The monoisotopic (exact) mass is 755 g/mol. The minimum absolute atomic E-state index is 0.0191. The van der Waals surface area contributed by atoms with Crippen molar-refractivity contribution in [3.8, 4) is 33.6 Å². The Hall–Kier alpha value is -5.79. The van der Waals surface area contributed by atoms with Gasteiger partial charge in [0.1, 0.15) is 17.7 Å². The predicted molar refractivity (Wildman–Crippen MR) is 213 cm³/mol. The third-order valence-corrected chi connectivity index (χ3v) is 11.4. The number of rotatable bonds is 10. The SMILES string of the molecule is COC(=O)N[C@@H](C(=O)N1CCC[C@H]1c1ncc(-c2ccc(-c3ccc(-c4cnc([C@@H]5CCCN5C(=O)CN5CCN(C)CC5)[nH]4)cc3)cc2)[nH]1)c1ccccc1. The van der Waals surface area contributed by atoms with Crippen LogP contribution in [-0.2, 0) is 14.3 Å². The standard InChI is InChI=1S/C43H49N9O4/c1-49-22-24-50(25-23-49)28-38(53)51-20-6-10-36(51)40-44-26-34(46-40)31-16-12-29(13-17-31)30-14-18-32(19-15-30)35-27-45-41(47-35)37-11-7-21-52(37)42(54)39(48-43(55)56-2)33-8-4-3-5-9-33/h3-5,8-9,12-19,26-27,36-37,39H,6-7,10-11,20-25,28H2,1-2H3,(H,44,46)(H,45,47)(H,48,55)/t36-,37-,39+/m0/s1. The Kier molecular flexibility index (Phi) is 11.0. The Balaban J connectivity index is 0.906. The number of piperazine rings is 1. The fourth-order valence-electron chi connectivity index (χ4n) is 8.22. The van der Waals surface area contributed by atoms with Gasteiger partial charge in [0.15, 0.2) is 0 Å². The number of H-pyrrole nitrogens is 2. The van der Waals surface area contributed by atoms with Crippen LogP contribution in [0.2, 0.25) is 0 Å². The number of imidazole rings is 2. The minimum Gasteiger partial charge on any atom is -0.453 e. The molecule has 0 unspecified atom stereocenters. The molecule has 13 heteroatoms. The van der Waals surface area contributed by atoms with Gasteiger partial charge in [-0.25, -0.2) is 14.8 Å². The smallest absolute Gasteiger partial charge is 0.407 e. The summed E-state index contributed by atoms with van der Waals surface area (Å²) in [5.74, 6) is 1.56. The summed E-state index contributed by atoms with van der Waals surface area (Å²) in [4.78, 5) is 64.2. The quantitative estimate of drug-likeness (QED) is 0.162. The number of amides is 3. The number of ether oxygens (including phenoxy) is 1. The molecule has 0 aliphatic carbocycles. The first-order valence-corrected chi connectivity index (χ1v) is 19.6. The van der Waals surface area contributed by atoms with E-state index in [1.165, 1.54) is 7.11 Å². The summed E-state index contributed by atoms with van der Waals surface area (Å²) in [5.41, 5.74) is 6.70. The second kappa shape index (κ2) is 16.5. The molecule has 56 heavy (non-hydrogen) atoms. The van der Waals surface area contributed by atoms with Gasteiger partial charge in [0, 0.05) is 39.3 Å². The van der Waals surface area contributed by atoms with E-state index >= 15 is 0 Å². The maximum absolute atomic E-state index is 13.9. The Bertz CT molecular complexity index is 2120. The lowest BCUT2D eigenvalue weighted by Gasteiger charge is -2.33. The number of nitrogens with one attached hydrogen (secondary N) is 3. The van der Waals surface area contributed by atoms with E-state index < -0.39 is 12.1 Å². The van der Waals surface area contributed by atoms with E-state index in [4.69, 9.17) is 14.7 Å². The highest BCUT2D eigenvalue weighted by molar-refractivity contribution is 5.87. The predicted octanol–water partition coefficient (Wildman–Crippen LogP) is 5.81. The Labute approximate surface area is 327 Å². The number of benzene rings is 3. The molecule has 8 rings (SSSR count). The molecule has 0 bridgehead atoms. The van der Waals surface area contributed by atoms with E-state index in [0.29, 0.717) is 18.7 Å². The van der Waals surface area contributed by atoms with Gasteiger partial charge in [-0.1, -0.05) is 78.9 Å². The molecule has 3 aliphatic heterocycles. The third-order valence-electron chi connectivity index (χ3n) is 11.4. The van der Waals surface area contributed by atoms with Gasteiger partial charge in [-0.15, -0.1) is 0 Å². The molecule has 290 valence electrons. The van der Waals surface area contributed by atoms with E-state index in [1.54, 1.807) is 4.90 Å². The zero-order valence-electron chi connectivity index (χ0n) is 32.0. The van der Waals surface area contributed by atoms with Crippen molar-refractivity contribution in [1.82, 2.24) is 44.9 Å². The highest BCUT2D eigenvalue weighted by atomic mass is 16.5. The number of methoxy groups -OCH3 is 1. The zero-order chi connectivity index (χ0) is 38.6.